The Balaban J connectivity index is 1.27. The number of benzene rings is 5. The highest BCUT2D eigenvalue weighted by atomic mass is 16.5. The molecular weight excluding hydrogens is 544 g/mol. The van der Waals surface area contributed by atoms with E-state index in [0.29, 0.717) is 34.6 Å². The molecule has 5 rings (SSSR count). The highest BCUT2D eigenvalue weighted by Crippen LogP contribution is 2.26. The van der Waals surface area contributed by atoms with Crippen LogP contribution < -0.4 is 19.6 Å². The van der Waals surface area contributed by atoms with E-state index in [1.807, 2.05) is 30.3 Å². The Morgan fingerprint density at radius 2 is 1.16 bits per heavy atom. The summed E-state index contributed by atoms with van der Waals surface area (Å²) in [5, 5.41) is 4.04. The minimum Gasteiger partial charge on any atom is -0.489 e. The number of carbonyl (C=O) groups is 3. The lowest BCUT2D eigenvalue weighted by Gasteiger charge is -2.11. The molecule has 1 N–H and O–H groups in total. The SMILES string of the molecule is O=C(N/N=C\c1ccc(OC(=O)c2ccccc2)cc1OC(=O)c1ccccc1)c1ccc(OCc2ccccc2)cc1. The van der Waals surface area contributed by atoms with E-state index in [9.17, 15) is 14.4 Å². The summed E-state index contributed by atoms with van der Waals surface area (Å²) >= 11 is 0. The third-order valence-electron chi connectivity index (χ3n) is 6.15. The highest BCUT2D eigenvalue weighted by Gasteiger charge is 2.15. The Morgan fingerprint density at radius 1 is 0.605 bits per heavy atom. The topological polar surface area (TPSA) is 103 Å². The zero-order valence-electron chi connectivity index (χ0n) is 22.9. The molecule has 0 radical (unpaired) electrons. The highest BCUT2D eigenvalue weighted by molar-refractivity contribution is 5.96. The fourth-order valence-corrected chi connectivity index (χ4v) is 3.91. The number of hydrogen-bond acceptors (Lipinski definition) is 7. The summed E-state index contributed by atoms with van der Waals surface area (Å²) in [5.74, 6) is -0.735. The average Bonchev–Trinajstić information content (AvgIpc) is 3.06. The fraction of sp³-hybridized carbons (Fsp3) is 0.0286. The monoisotopic (exact) mass is 570 g/mol. The van der Waals surface area contributed by atoms with Gasteiger partial charge in [-0.15, -0.1) is 0 Å². The Kier molecular flexibility index (Phi) is 9.31. The van der Waals surface area contributed by atoms with Crippen LogP contribution in [0.1, 0.15) is 42.2 Å². The van der Waals surface area contributed by atoms with Gasteiger partial charge in [-0.05, 0) is 66.2 Å². The third-order valence-corrected chi connectivity index (χ3v) is 6.15. The van der Waals surface area contributed by atoms with Gasteiger partial charge in [0.05, 0.1) is 17.3 Å². The first-order chi connectivity index (χ1) is 21.0. The number of hydrazone groups is 1. The van der Waals surface area contributed by atoms with E-state index < -0.39 is 17.8 Å². The smallest absolute Gasteiger partial charge is 0.343 e. The van der Waals surface area contributed by atoms with Gasteiger partial charge in [-0.1, -0.05) is 66.7 Å². The van der Waals surface area contributed by atoms with Gasteiger partial charge in [-0.2, -0.15) is 5.10 Å². The lowest BCUT2D eigenvalue weighted by atomic mass is 10.2. The molecule has 1 amide bonds. The lowest BCUT2D eigenvalue weighted by Crippen LogP contribution is -2.17. The molecule has 0 saturated carbocycles. The maximum Gasteiger partial charge on any atom is 0.343 e. The zero-order valence-corrected chi connectivity index (χ0v) is 22.9. The van der Waals surface area contributed by atoms with E-state index in [4.69, 9.17) is 14.2 Å². The van der Waals surface area contributed by atoms with Gasteiger partial charge in [0.15, 0.2) is 0 Å². The molecular formula is C35H26N2O6. The molecule has 0 unspecified atom stereocenters. The molecule has 0 atom stereocenters. The Morgan fingerprint density at radius 3 is 1.79 bits per heavy atom. The first kappa shape index (κ1) is 28.5. The Bertz CT molecular complexity index is 1720. The van der Waals surface area contributed by atoms with Crippen LogP contribution in [0.15, 0.2) is 139 Å². The molecule has 0 heterocycles. The molecule has 0 aliphatic carbocycles. The molecule has 8 nitrogen and oxygen atoms in total. The van der Waals surface area contributed by atoms with Crippen LogP contribution in [0.2, 0.25) is 0 Å². The van der Waals surface area contributed by atoms with E-state index in [-0.39, 0.29) is 11.5 Å². The largest absolute Gasteiger partial charge is 0.489 e. The number of hydrogen-bond donors (Lipinski definition) is 1. The fourth-order valence-electron chi connectivity index (χ4n) is 3.91. The number of nitrogens with one attached hydrogen (secondary N) is 1. The van der Waals surface area contributed by atoms with Crippen molar-refractivity contribution in [2.24, 2.45) is 5.10 Å². The predicted octanol–water partition coefficient (Wildman–Crippen LogP) is 6.47. The van der Waals surface area contributed by atoms with Gasteiger partial charge in [0, 0.05) is 17.2 Å². The van der Waals surface area contributed by atoms with Gasteiger partial charge in [0.2, 0.25) is 0 Å². The van der Waals surface area contributed by atoms with E-state index in [1.165, 1.54) is 18.3 Å². The number of ether oxygens (including phenoxy) is 3. The van der Waals surface area contributed by atoms with Gasteiger partial charge < -0.3 is 14.2 Å². The Hall–Kier alpha value is -6.02. The minimum atomic E-state index is -0.611. The van der Waals surface area contributed by atoms with Crippen molar-refractivity contribution in [2.45, 2.75) is 6.61 Å². The summed E-state index contributed by atoms with van der Waals surface area (Å²) in [7, 11) is 0. The quantitative estimate of drug-likeness (QED) is 0.0894. The number of rotatable bonds is 10. The maximum atomic E-state index is 12.8. The van der Waals surface area contributed by atoms with Crippen molar-refractivity contribution < 1.29 is 28.6 Å². The second kappa shape index (κ2) is 14.0. The number of carbonyl (C=O) groups excluding carboxylic acids is 3. The zero-order chi connectivity index (χ0) is 29.9. The summed E-state index contributed by atoms with van der Waals surface area (Å²) in [6.07, 6.45) is 1.34. The van der Waals surface area contributed by atoms with Gasteiger partial charge in [-0.3, -0.25) is 4.79 Å². The Labute approximate surface area is 248 Å². The second-order valence-electron chi connectivity index (χ2n) is 9.21. The second-order valence-corrected chi connectivity index (χ2v) is 9.21. The minimum absolute atomic E-state index is 0.0881. The summed E-state index contributed by atoms with van der Waals surface area (Å²) in [5.41, 5.74) is 4.96. The third kappa shape index (κ3) is 8.02. The van der Waals surface area contributed by atoms with Crippen molar-refractivity contribution in [3.8, 4) is 17.2 Å². The maximum absolute atomic E-state index is 12.8. The van der Waals surface area contributed by atoms with E-state index in [0.717, 1.165) is 5.56 Å². The van der Waals surface area contributed by atoms with Crippen LogP contribution in [0, 0.1) is 0 Å². The first-order valence-electron chi connectivity index (χ1n) is 13.3. The summed E-state index contributed by atoms with van der Waals surface area (Å²) in [4.78, 5) is 38.0. The van der Waals surface area contributed by atoms with E-state index in [2.05, 4.69) is 10.5 Å². The molecule has 0 aliphatic rings. The van der Waals surface area contributed by atoms with Crippen molar-refractivity contribution in [3.05, 3.63) is 161 Å². The van der Waals surface area contributed by atoms with Gasteiger partial charge in [0.25, 0.3) is 5.91 Å². The standard InChI is InChI=1S/C35H26N2O6/c38-33(26-16-19-30(20-17-26)41-24-25-10-4-1-5-11-25)37-36-23-29-18-21-31(42-34(39)27-12-6-2-7-13-27)22-32(29)43-35(40)28-14-8-3-9-15-28/h1-23H,24H2,(H,37,38)/b36-23-. The molecule has 212 valence electrons. The number of amides is 1. The molecule has 43 heavy (non-hydrogen) atoms. The lowest BCUT2D eigenvalue weighted by molar-refractivity contribution is 0.0732. The first-order valence-corrected chi connectivity index (χ1v) is 13.3. The molecule has 0 fully saturated rings. The molecule has 8 heteroatoms. The van der Waals surface area contributed by atoms with Crippen molar-refractivity contribution in [2.75, 3.05) is 0 Å². The van der Waals surface area contributed by atoms with Crippen molar-refractivity contribution in [1.29, 1.82) is 0 Å². The van der Waals surface area contributed by atoms with Crippen molar-refractivity contribution in [1.82, 2.24) is 5.43 Å². The van der Waals surface area contributed by atoms with E-state index >= 15 is 0 Å². The normalized spacial score (nSPS) is 10.6. The van der Waals surface area contributed by atoms with Gasteiger partial charge in [0.1, 0.15) is 23.9 Å². The summed E-state index contributed by atoms with van der Waals surface area (Å²) in [6.45, 7) is 0.415. The van der Waals surface area contributed by atoms with Crippen LogP contribution in [-0.2, 0) is 6.61 Å². The summed E-state index contributed by atoms with van der Waals surface area (Å²) < 4.78 is 16.9. The average molecular weight is 571 g/mol. The van der Waals surface area contributed by atoms with Crippen LogP contribution in [0.4, 0.5) is 0 Å². The molecule has 0 aromatic heterocycles. The molecule has 5 aromatic carbocycles. The molecule has 0 spiro atoms. The molecule has 0 aliphatic heterocycles. The van der Waals surface area contributed by atoms with Gasteiger partial charge in [-0.25, -0.2) is 15.0 Å². The van der Waals surface area contributed by atoms with Crippen LogP contribution in [-0.4, -0.2) is 24.1 Å². The van der Waals surface area contributed by atoms with Crippen LogP contribution in [0.25, 0.3) is 0 Å². The van der Waals surface area contributed by atoms with Crippen molar-refractivity contribution >= 4 is 24.1 Å². The number of esters is 2. The van der Waals surface area contributed by atoms with Crippen LogP contribution >= 0.6 is 0 Å². The summed E-state index contributed by atoms with van der Waals surface area (Å²) in [6, 6.07) is 37.9. The molecule has 5 aromatic rings. The van der Waals surface area contributed by atoms with Crippen LogP contribution in [0.3, 0.4) is 0 Å². The van der Waals surface area contributed by atoms with Crippen molar-refractivity contribution in [3.63, 3.8) is 0 Å². The predicted molar refractivity (Wildman–Crippen MR) is 162 cm³/mol. The molecule has 0 bridgehead atoms. The number of nitrogens with zero attached hydrogens (tertiary/aromatic N) is 1. The van der Waals surface area contributed by atoms with Crippen LogP contribution in [0.5, 0.6) is 17.2 Å². The van der Waals surface area contributed by atoms with E-state index in [1.54, 1.807) is 91.0 Å². The molecule has 0 saturated heterocycles. The van der Waals surface area contributed by atoms with Gasteiger partial charge >= 0.3 is 11.9 Å².